The van der Waals surface area contributed by atoms with Crippen LogP contribution in [0, 0.1) is 28.9 Å². The molecule has 67 heavy (non-hydrogen) atoms. The minimum absolute atomic E-state index is 0.0161. The Kier molecular flexibility index (Phi) is 12.4. The number of benzene rings is 2. The summed E-state index contributed by atoms with van der Waals surface area (Å²) in [7, 11) is 2.23. The van der Waals surface area contributed by atoms with Crippen LogP contribution in [0.15, 0.2) is 42.7 Å². The van der Waals surface area contributed by atoms with Crippen LogP contribution in [0.4, 0.5) is 31.8 Å². The average Bonchev–Trinajstić information content (AvgIpc) is 3.99. The molecular formula is C50H65F2N11O4. The number of nitrogens with one attached hydrogen (secondary N) is 3. The molecule has 4 atom stereocenters. The van der Waals surface area contributed by atoms with E-state index in [0.29, 0.717) is 81.0 Å². The molecule has 10 rings (SSSR count). The highest BCUT2D eigenvalue weighted by Crippen LogP contribution is 2.44. The first-order valence-electron chi connectivity index (χ1n) is 24.5. The van der Waals surface area contributed by atoms with Crippen LogP contribution in [0.25, 0.3) is 0 Å². The lowest BCUT2D eigenvalue weighted by Crippen LogP contribution is -2.66. The van der Waals surface area contributed by atoms with Gasteiger partial charge in [0.2, 0.25) is 17.7 Å². The van der Waals surface area contributed by atoms with Crippen molar-refractivity contribution < 1.29 is 28.0 Å². The molecule has 358 valence electrons. The normalized spacial score (nSPS) is 26.1. The van der Waals surface area contributed by atoms with Crippen molar-refractivity contribution in [2.75, 3.05) is 92.5 Å². The van der Waals surface area contributed by atoms with Gasteiger partial charge in [-0.25, -0.2) is 18.7 Å². The summed E-state index contributed by atoms with van der Waals surface area (Å²) in [5, 5.41) is 9.12. The molecular weight excluding hydrogens is 857 g/mol. The van der Waals surface area contributed by atoms with Crippen LogP contribution in [-0.4, -0.2) is 138 Å². The van der Waals surface area contributed by atoms with E-state index >= 15 is 8.78 Å². The lowest BCUT2D eigenvalue weighted by molar-refractivity contribution is -0.137. The maximum atomic E-state index is 15.7. The fourth-order valence-electron chi connectivity index (χ4n) is 12.1. The summed E-state index contributed by atoms with van der Waals surface area (Å²) in [6.07, 6.45) is 8.75. The minimum Gasteiger partial charge on any atom is -0.371 e. The van der Waals surface area contributed by atoms with Crippen molar-refractivity contribution in [2.45, 2.75) is 102 Å². The Morgan fingerprint density at radius 3 is 2.36 bits per heavy atom. The lowest BCUT2D eigenvalue weighted by atomic mass is 9.82. The van der Waals surface area contributed by atoms with Crippen molar-refractivity contribution in [3.05, 3.63) is 71.1 Å². The molecule has 7 aliphatic rings. The summed E-state index contributed by atoms with van der Waals surface area (Å²) in [4.78, 5) is 72.7. The van der Waals surface area contributed by atoms with Crippen molar-refractivity contribution in [1.82, 2.24) is 35.3 Å². The number of likely N-dealkylation sites (tertiary alicyclic amines) is 1. The predicted molar refractivity (Wildman–Crippen MR) is 252 cm³/mol. The van der Waals surface area contributed by atoms with E-state index in [-0.39, 0.29) is 47.7 Å². The van der Waals surface area contributed by atoms with Crippen molar-refractivity contribution in [1.29, 1.82) is 0 Å². The molecule has 0 radical (unpaired) electrons. The zero-order valence-electron chi connectivity index (χ0n) is 39.2. The summed E-state index contributed by atoms with van der Waals surface area (Å²) in [5.41, 5.74) is 2.96. The van der Waals surface area contributed by atoms with Crippen LogP contribution in [0.3, 0.4) is 0 Å². The first-order valence-corrected chi connectivity index (χ1v) is 24.5. The number of nitrogens with zero attached hydrogens (tertiary/aromatic N) is 8. The molecule has 6 fully saturated rings. The monoisotopic (exact) mass is 922 g/mol. The van der Waals surface area contributed by atoms with E-state index in [0.717, 1.165) is 94.3 Å². The summed E-state index contributed by atoms with van der Waals surface area (Å²) in [6, 6.07) is 10.4. The second kappa shape index (κ2) is 18.2. The molecule has 2 aromatic carbocycles. The van der Waals surface area contributed by atoms with Crippen LogP contribution in [-0.2, 0) is 27.5 Å². The van der Waals surface area contributed by atoms with Crippen LogP contribution in [0.5, 0.6) is 0 Å². The molecule has 4 amide bonds. The number of anilines is 4. The SMILES string of the molecule is CN(CCCNc1cc(N2CCC3(CC2)CN(c2cc(F)c(CN4CCC(C)(C)CC4)cc2F)CC(=O)N3)ncn1)[C@@H]1C[C@@H]2CN(c3cccc4c3CN(C3CCC(=O)NC3=O)C4=O)C[C@@H]2C1. The molecule has 1 aliphatic carbocycles. The van der Waals surface area contributed by atoms with Gasteiger partial charge in [0.05, 0.1) is 17.8 Å². The number of rotatable bonds is 12. The fourth-order valence-corrected chi connectivity index (χ4v) is 12.1. The number of carbonyl (C=O) groups excluding carboxylic acids is 4. The number of carbonyl (C=O) groups is 4. The third-order valence-electron chi connectivity index (χ3n) is 16.2. The molecule has 3 N–H and O–H groups in total. The Bertz CT molecular complexity index is 2390. The predicted octanol–water partition coefficient (Wildman–Crippen LogP) is 4.76. The van der Waals surface area contributed by atoms with Gasteiger partial charge in [-0.15, -0.1) is 0 Å². The number of piperazine rings is 1. The van der Waals surface area contributed by atoms with Gasteiger partial charge < -0.3 is 35.1 Å². The van der Waals surface area contributed by atoms with Gasteiger partial charge in [0.25, 0.3) is 5.91 Å². The Hall–Kier alpha value is -5.42. The van der Waals surface area contributed by atoms with E-state index in [1.54, 1.807) is 16.1 Å². The lowest BCUT2D eigenvalue weighted by Gasteiger charge is -2.48. The smallest absolute Gasteiger partial charge is 0.255 e. The van der Waals surface area contributed by atoms with Gasteiger partial charge >= 0.3 is 0 Å². The van der Waals surface area contributed by atoms with E-state index < -0.39 is 23.2 Å². The summed E-state index contributed by atoms with van der Waals surface area (Å²) < 4.78 is 31.2. The summed E-state index contributed by atoms with van der Waals surface area (Å²) >= 11 is 0. The third kappa shape index (κ3) is 9.42. The van der Waals surface area contributed by atoms with Crippen molar-refractivity contribution in [2.24, 2.45) is 17.3 Å². The third-order valence-corrected chi connectivity index (χ3v) is 16.2. The van der Waals surface area contributed by atoms with Gasteiger partial charge in [-0.1, -0.05) is 19.9 Å². The molecule has 17 heteroatoms. The number of amides is 4. The molecule has 5 saturated heterocycles. The van der Waals surface area contributed by atoms with Crippen LogP contribution < -0.4 is 30.7 Å². The minimum atomic E-state index is -0.618. The van der Waals surface area contributed by atoms with Gasteiger partial charge in [0, 0.05) is 99.3 Å². The molecule has 1 saturated carbocycles. The standard InChI is InChI=1S/C50H65F2N11O4/c1-49(2)10-16-59(17-11-49)25-34-22-39(52)42(23-38(34)51)62-29-46(65)57-50(30-62)12-18-60(19-13-50)44-24-43(54-31-55-44)53-14-5-15-58(3)35-20-32-26-61(27-33(32)21-35)40-7-4-6-36-37(40)28-63(48(36)67)41-8-9-45(64)56-47(41)66/h4,6-7,22-24,31-33,35,41H,5,8-21,25-30H2,1-3H3,(H,57,65)(H,53,54,55)(H,56,64,66)/t32-,33+,35-,41?. The first-order chi connectivity index (χ1) is 32.2. The van der Waals surface area contributed by atoms with E-state index in [4.69, 9.17) is 0 Å². The number of fused-ring (bicyclic) bond motifs is 2. The average molecular weight is 922 g/mol. The van der Waals surface area contributed by atoms with E-state index in [9.17, 15) is 19.2 Å². The van der Waals surface area contributed by atoms with Crippen molar-refractivity contribution in [3.63, 3.8) is 0 Å². The number of aromatic nitrogens is 2. The molecule has 15 nitrogen and oxygen atoms in total. The molecule has 1 unspecified atom stereocenters. The van der Waals surface area contributed by atoms with E-state index in [1.165, 1.54) is 12.1 Å². The molecule has 1 aromatic heterocycles. The summed E-state index contributed by atoms with van der Waals surface area (Å²) in [5.74, 6) is 0.827. The van der Waals surface area contributed by atoms with Crippen molar-refractivity contribution in [3.8, 4) is 0 Å². The molecule has 3 aromatic rings. The molecule has 1 spiro atoms. The van der Waals surface area contributed by atoms with Gasteiger partial charge in [0.15, 0.2) is 0 Å². The number of halogens is 2. The van der Waals surface area contributed by atoms with Crippen LogP contribution in [0.1, 0.15) is 93.1 Å². The highest BCUT2D eigenvalue weighted by Gasteiger charge is 2.46. The molecule has 7 heterocycles. The maximum absolute atomic E-state index is 15.7. The Labute approximate surface area is 392 Å². The highest BCUT2D eigenvalue weighted by molar-refractivity contribution is 6.06. The Morgan fingerprint density at radius 2 is 1.61 bits per heavy atom. The number of hydrogen-bond donors (Lipinski definition) is 3. The van der Waals surface area contributed by atoms with Crippen LogP contribution >= 0.6 is 0 Å². The van der Waals surface area contributed by atoms with Gasteiger partial charge in [-0.2, -0.15) is 0 Å². The van der Waals surface area contributed by atoms with Crippen molar-refractivity contribution >= 4 is 46.6 Å². The second-order valence-electron chi connectivity index (χ2n) is 21.3. The van der Waals surface area contributed by atoms with Gasteiger partial charge in [-0.05, 0) is 113 Å². The Morgan fingerprint density at radius 1 is 0.851 bits per heavy atom. The number of hydrogen-bond acceptors (Lipinski definition) is 12. The first kappa shape index (κ1) is 45.4. The second-order valence-corrected chi connectivity index (χ2v) is 21.3. The topological polar surface area (TPSA) is 150 Å². The quantitative estimate of drug-likeness (QED) is 0.170. The zero-order chi connectivity index (χ0) is 46.6. The van der Waals surface area contributed by atoms with Gasteiger partial charge in [-0.3, -0.25) is 29.4 Å². The fraction of sp³-hybridized carbons (Fsp3) is 0.600. The van der Waals surface area contributed by atoms with Crippen LogP contribution in [0.2, 0.25) is 0 Å². The number of piperidine rings is 3. The molecule has 0 bridgehead atoms. The largest absolute Gasteiger partial charge is 0.371 e. The zero-order valence-corrected chi connectivity index (χ0v) is 39.2. The number of imide groups is 1. The summed E-state index contributed by atoms with van der Waals surface area (Å²) in [6.45, 7) is 12.3. The Balaban J connectivity index is 0.671. The van der Waals surface area contributed by atoms with E-state index in [2.05, 4.69) is 72.5 Å². The van der Waals surface area contributed by atoms with Gasteiger partial charge in [0.1, 0.15) is 35.6 Å². The van der Waals surface area contributed by atoms with E-state index in [1.807, 2.05) is 18.2 Å². The maximum Gasteiger partial charge on any atom is 0.255 e. The highest BCUT2D eigenvalue weighted by atomic mass is 19.1. The molecule has 6 aliphatic heterocycles.